The third-order valence-corrected chi connectivity index (χ3v) is 3.49. The fourth-order valence-electron chi connectivity index (χ4n) is 2.01. The first kappa shape index (κ1) is 11.1. The second-order valence-electron chi connectivity index (χ2n) is 4.85. The van der Waals surface area contributed by atoms with Gasteiger partial charge in [0, 0.05) is 23.2 Å². The Morgan fingerprint density at radius 1 is 1.31 bits per heavy atom. The molecule has 0 amide bonds. The number of ether oxygens (including phenoxy) is 1. The number of rotatable bonds is 3. The van der Waals surface area contributed by atoms with Gasteiger partial charge in [0.1, 0.15) is 5.75 Å². The smallest absolute Gasteiger partial charge is 0.121 e. The summed E-state index contributed by atoms with van der Waals surface area (Å²) >= 11 is 0. The van der Waals surface area contributed by atoms with Crippen LogP contribution in [0.1, 0.15) is 32.8 Å². The summed E-state index contributed by atoms with van der Waals surface area (Å²) in [5.74, 6) is 0.923. The number of aromatic amines is 1. The average molecular weight is 217 g/mol. The summed E-state index contributed by atoms with van der Waals surface area (Å²) in [6, 6.07) is 6.34. The van der Waals surface area contributed by atoms with Gasteiger partial charge in [-0.25, -0.2) is 0 Å². The summed E-state index contributed by atoms with van der Waals surface area (Å²) < 4.78 is 5.35. The third kappa shape index (κ3) is 1.69. The molecule has 2 heteroatoms. The number of fused-ring (bicyclic) bond motifs is 1. The lowest BCUT2D eigenvalue weighted by molar-refractivity contribution is 0.412. The number of methoxy groups -OCH3 is 1. The molecule has 0 unspecified atom stereocenters. The molecule has 0 spiro atoms. The number of hydrogen-bond donors (Lipinski definition) is 1. The summed E-state index contributed by atoms with van der Waals surface area (Å²) in [5, 5.41) is 1.30. The summed E-state index contributed by atoms with van der Waals surface area (Å²) in [5.41, 5.74) is 2.68. The Labute approximate surface area is 96.6 Å². The van der Waals surface area contributed by atoms with Crippen LogP contribution in [0.5, 0.6) is 5.75 Å². The highest BCUT2D eigenvalue weighted by Crippen LogP contribution is 2.35. The molecule has 2 nitrogen and oxygen atoms in total. The lowest BCUT2D eigenvalue weighted by Crippen LogP contribution is -2.15. The molecule has 0 aliphatic heterocycles. The summed E-state index contributed by atoms with van der Waals surface area (Å²) in [6.45, 7) is 6.76. The number of benzene rings is 1. The van der Waals surface area contributed by atoms with E-state index in [1.165, 1.54) is 10.9 Å². The van der Waals surface area contributed by atoms with Crippen molar-refractivity contribution in [1.29, 1.82) is 0 Å². The molecule has 0 saturated carbocycles. The Bertz CT molecular complexity index is 496. The number of H-pyrrole nitrogens is 1. The lowest BCUT2D eigenvalue weighted by atomic mass is 9.80. The maximum absolute atomic E-state index is 5.35. The van der Waals surface area contributed by atoms with Crippen LogP contribution in [0.2, 0.25) is 0 Å². The quantitative estimate of drug-likeness (QED) is 0.829. The van der Waals surface area contributed by atoms with Crippen LogP contribution < -0.4 is 4.74 Å². The van der Waals surface area contributed by atoms with E-state index in [9.17, 15) is 0 Å². The molecular weight excluding hydrogens is 198 g/mol. The van der Waals surface area contributed by atoms with E-state index in [1.807, 2.05) is 12.3 Å². The molecule has 0 aliphatic rings. The van der Waals surface area contributed by atoms with Crippen LogP contribution in [-0.2, 0) is 5.41 Å². The van der Waals surface area contributed by atoms with Gasteiger partial charge in [0.15, 0.2) is 0 Å². The third-order valence-electron chi connectivity index (χ3n) is 3.49. The van der Waals surface area contributed by atoms with E-state index >= 15 is 0 Å². The van der Waals surface area contributed by atoms with Crippen LogP contribution in [0.3, 0.4) is 0 Å². The standard InChI is InChI=1S/C14H19NO/c1-5-14(2,3)12-8-10(16-4)9-13-11(12)6-7-15-13/h6-9,15H,5H2,1-4H3. The molecule has 1 heterocycles. The van der Waals surface area contributed by atoms with Crippen LogP contribution in [0.15, 0.2) is 24.4 Å². The predicted molar refractivity (Wildman–Crippen MR) is 68.2 cm³/mol. The van der Waals surface area contributed by atoms with E-state index in [2.05, 4.69) is 37.9 Å². The minimum atomic E-state index is 0.176. The van der Waals surface area contributed by atoms with Crippen molar-refractivity contribution in [2.24, 2.45) is 0 Å². The zero-order valence-electron chi connectivity index (χ0n) is 10.4. The predicted octanol–water partition coefficient (Wildman–Crippen LogP) is 3.86. The first-order chi connectivity index (χ1) is 7.58. The zero-order chi connectivity index (χ0) is 11.8. The number of nitrogens with one attached hydrogen (secondary N) is 1. The van der Waals surface area contributed by atoms with Gasteiger partial charge >= 0.3 is 0 Å². The zero-order valence-corrected chi connectivity index (χ0v) is 10.4. The Kier molecular flexibility index (Phi) is 2.66. The van der Waals surface area contributed by atoms with Gasteiger partial charge in [-0.05, 0) is 29.5 Å². The van der Waals surface area contributed by atoms with Gasteiger partial charge < -0.3 is 9.72 Å². The summed E-state index contributed by atoms with van der Waals surface area (Å²) in [4.78, 5) is 3.25. The van der Waals surface area contributed by atoms with Crippen LogP contribution >= 0.6 is 0 Å². The van der Waals surface area contributed by atoms with Gasteiger partial charge in [-0.15, -0.1) is 0 Å². The van der Waals surface area contributed by atoms with Crippen molar-refractivity contribution < 1.29 is 4.74 Å². The maximum atomic E-state index is 5.35. The van der Waals surface area contributed by atoms with Gasteiger partial charge in [0.05, 0.1) is 7.11 Å². The van der Waals surface area contributed by atoms with Gasteiger partial charge in [0.25, 0.3) is 0 Å². The van der Waals surface area contributed by atoms with E-state index in [0.29, 0.717) is 0 Å². The highest BCUT2D eigenvalue weighted by molar-refractivity contribution is 5.85. The monoisotopic (exact) mass is 217 g/mol. The molecular formula is C14H19NO. The molecule has 0 fully saturated rings. The number of aromatic nitrogens is 1. The van der Waals surface area contributed by atoms with Crippen molar-refractivity contribution in [1.82, 2.24) is 4.98 Å². The minimum absolute atomic E-state index is 0.176. The molecule has 0 bridgehead atoms. The Balaban J connectivity index is 2.70. The van der Waals surface area contributed by atoms with E-state index in [4.69, 9.17) is 4.74 Å². The highest BCUT2D eigenvalue weighted by atomic mass is 16.5. The summed E-state index contributed by atoms with van der Waals surface area (Å²) in [6.07, 6.45) is 3.10. The van der Waals surface area contributed by atoms with Crippen molar-refractivity contribution in [3.63, 3.8) is 0 Å². The molecule has 0 radical (unpaired) electrons. The fourth-order valence-corrected chi connectivity index (χ4v) is 2.01. The van der Waals surface area contributed by atoms with Crippen molar-refractivity contribution >= 4 is 10.9 Å². The SMILES string of the molecule is CCC(C)(C)c1cc(OC)cc2[nH]ccc12. The minimum Gasteiger partial charge on any atom is -0.497 e. The maximum Gasteiger partial charge on any atom is 0.121 e. The first-order valence-electron chi connectivity index (χ1n) is 5.74. The van der Waals surface area contributed by atoms with E-state index in [1.54, 1.807) is 7.11 Å². The van der Waals surface area contributed by atoms with Crippen molar-refractivity contribution in [3.05, 3.63) is 30.0 Å². The van der Waals surface area contributed by atoms with Crippen molar-refractivity contribution in [3.8, 4) is 5.75 Å². The second-order valence-corrected chi connectivity index (χ2v) is 4.85. The first-order valence-corrected chi connectivity index (χ1v) is 5.74. The molecule has 0 saturated heterocycles. The molecule has 1 aromatic heterocycles. The Hall–Kier alpha value is -1.44. The number of hydrogen-bond acceptors (Lipinski definition) is 1. The fraction of sp³-hybridized carbons (Fsp3) is 0.429. The van der Waals surface area contributed by atoms with Crippen molar-refractivity contribution in [2.45, 2.75) is 32.6 Å². The normalized spacial score (nSPS) is 12.0. The van der Waals surface area contributed by atoms with Crippen LogP contribution in [0.4, 0.5) is 0 Å². The Morgan fingerprint density at radius 2 is 2.06 bits per heavy atom. The topological polar surface area (TPSA) is 25.0 Å². The largest absolute Gasteiger partial charge is 0.497 e. The van der Waals surface area contributed by atoms with Gasteiger partial charge in [-0.1, -0.05) is 20.8 Å². The van der Waals surface area contributed by atoms with Crippen LogP contribution in [-0.4, -0.2) is 12.1 Å². The molecule has 0 atom stereocenters. The van der Waals surface area contributed by atoms with Gasteiger partial charge in [-0.2, -0.15) is 0 Å². The van der Waals surface area contributed by atoms with E-state index in [-0.39, 0.29) is 5.41 Å². The van der Waals surface area contributed by atoms with E-state index < -0.39 is 0 Å². The molecule has 86 valence electrons. The van der Waals surface area contributed by atoms with Crippen LogP contribution in [0.25, 0.3) is 10.9 Å². The second kappa shape index (κ2) is 3.85. The highest BCUT2D eigenvalue weighted by Gasteiger charge is 2.21. The molecule has 1 aromatic carbocycles. The summed E-state index contributed by atoms with van der Waals surface area (Å²) in [7, 11) is 1.72. The van der Waals surface area contributed by atoms with Gasteiger partial charge in [0.2, 0.25) is 0 Å². The van der Waals surface area contributed by atoms with E-state index in [0.717, 1.165) is 17.7 Å². The average Bonchev–Trinajstić information content (AvgIpc) is 2.75. The van der Waals surface area contributed by atoms with Crippen LogP contribution in [0, 0.1) is 0 Å². The Morgan fingerprint density at radius 3 is 2.69 bits per heavy atom. The van der Waals surface area contributed by atoms with Crippen molar-refractivity contribution in [2.75, 3.05) is 7.11 Å². The molecule has 1 N–H and O–H groups in total. The molecule has 2 aromatic rings. The van der Waals surface area contributed by atoms with Gasteiger partial charge in [-0.3, -0.25) is 0 Å². The molecule has 0 aliphatic carbocycles. The molecule has 2 rings (SSSR count). The molecule has 16 heavy (non-hydrogen) atoms. The lowest BCUT2D eigenvalue weighted by Gasteiger charge is -2.24.